The van der Waals surface area contributed by atoms with E-state index in [0.29, 0.717) is 0 Å². The number of aromatic nitrogens is 1. The highest BCUT2D eigenvalue weighted by atomic mass is 32.2. The zero-order chi connectivity index (χ0) is 21.7. The molecule has 2 aromatic carbocycles. The van der Waals surface area contributed by atoms with Gasteiger partial charge < -0.3 is 5.73 Å². The van der Waals surface area contributed by atoms with Gasteiger partial charge in [0.1, 0.15) is 12.0 Å². The molecule has 0 saturated carbocycles. The van der Waals surface area contributed by atoms with Gasteiger partial charge in [-0.15, -0.1) is 0 Å². The van der Waals surface area contributed by atoms with Gasteiger partial charge in [-0.3, -0.25) is 5.41 Å². The van der Waals surface area contributed by atoms with Gasteiger partial charge in [0.05, 0.1) is 11.6 Å². The molecule has 8 heteroatoms. The van der Waals surface area contributed by atoms with Gasteiger partial charge in [-0.25, -0.2) is 22.5 Å². The van der Waals surface area contributed by atoms with Crippen molar-refractivity contribution in [2.75, 3.05) is 5.73 Å². The van der Waals surface area contributed by atoms with Gasteiger partial charge in [0.25, 0.3) is 10.0 Å². The fourth-order valence-corrected chi connectivity index (χ4v) is 4.49. The normalized spacial score (nSPS) is 13.7. The average molecular weight is 427 g/mol. The quantitative estimate of drug-likeness (QED) is 0.397. The number of nitrogens with one attached hydrogen (secondary N) is 2. The van der Waals surface area contributed by atoms with Crippen LogP contribution in [0.2, 0.25) is 0 Å². The van der Waals surface area contributed by atoms with Crippen molar-refractivity contribution in [2.24, 2.45) is 0 Å². The van der Waals surface area contributed by atoms with Crippen LogP contribution in [-0.4, -0.2) is 30.7 Å². The smallest absolute Gasteiger partial charge is 0.258 e. The molecule has 0 bridgehead atoms. The summed E-state index contributed by atoms with van der Waals surface area (Å²) >= 11 is 0. The molecule has 2 atom stereocenters. The molecule has 1 aromatic heterocycles. The van der Waals surface area contributed by atoms with Crippen LogP contribution in [0.25, 0.3) is 0 Å². The summed E-state index contributed by atoms with van der Waals surface area (Å²) in [7, 11) is -4.30. The summed E-state index contributed by atoms with van der Waals surface area (Å²) < 4.78 is 43.4. The van der Waals surface area contributed by atoms with Crippen LogP contribution in [0.3, 0.4) is 0 Å². The number of alkyl halides is 1. The first-order valence-electron chi connectivity index (χ1n) is 9.37. The maximum atomic E-state index is 15.7. The van der Waals surface area contributed by atoms with E-state index in [-0.39, 0.29) is 11.4 Å². The van der Waals surface area contributed by atoms with E-state index in [1.165, 1.54) is 25.3 Å². The van der Waals surface area contributed by atoms with Crippen molar-refractivity contribution in [3.8, 4) is 0 Å². The van der Waals surface area contributed by atoms with E-state index in [1.54, 1.807) is 0 Å². The summed E-state index contributed by atoms with van der Waals surface area (Å²) in [6.07, 6.45) is -0.180. The number of sulfonamides is 1. The van der Waals surface area contributed by atoms with E-state index in [9.17, 15) is 8.42 Å². The first-order chi connectivity index (χ1) is 14.3. The Labute approximate surface area is 175 Å². The molecule has 0 saturated heterocycles. The van der Waals surface area contributed by atoms with Gasteiger partial charge in [0, 0.05) is 12.1 Å². The number of benzene rings is 2. The second-order valence-corrected chi connectivity index (χ2v) is 8.57. The van der Waals surface area contributed by atoms with Crippen molar-refractivity contribution in [3.63, 3.8) is 0 Å². The Bertz CT molecular complexity index is 1070. The van der Waals surface area contributed by atoms with E-state index >= 15 is 4.39 Å². The minimum atomic E-state index is -4.30. The molecule has 6 nitrogen and oxygen atoms in total. The Balaban J connectivity index is 1.88. The van der Waals surface area contributed by atoms with Crippen LogP contribution < -0.4 is 10.5 Å². The highest BCUT2D eigenvalue weighted by Crippen LogP contribution is 2.32. The topological polar surface area (TPSA) is 109 Å². The molecule has 3 rings (SSSR count). The Morgan fingerprint density at radius 1 is 1.00 bits per heavy atom. The lowest BCUT2D eigenvalue weighted by molar-refractivity contribution is 0.254. The Morgan fingerprint density at radius 3 is 2.03 bits per heavy atom. The molecule has 0 aliphatic carbocycles. The number of halogens is 1. The second kappa shape index (κ2) is 9.15. The molecule has 0 amide bonds. The second-order valence-electron chi connectivity index (χ2n) is 6.92. The first-order valence-corrected chi connectivity index (χ1v) is 10.9. The van der Waals surface area contributed by atoms with Crippen molar-refractivity contribution < 1.29 is 12.8 Å². The molecule has 156 valence electrons. The average Bonchev–Trinajstić information content (AvgIpc) is 2.75. The highest BCUT2D eigenvalue weighted by Gasteiger charge is 2.33. The number of nitrogen functional groups attached to an aromatic ring is 1. The van der Waals surface area contributed by atoms with Crippen molar-refractivity contribution in [1.29, 1.82) is 5.41 Å². The third-order valence-electron chi connectivity index (χ3n) is 4.81. The van der Waals surface area contributed by atoms with Crippen LogP contribution in [0.5, 0.6) is 0 Å². The minimum absolute atomic E-state index is 0.0322. The van der Waals surface area contributed by atoms with Crippen LogP contribution in [0.15, 0.2) is 79.0 Å². The zero-order valence-corrected chi connectivity index (χ0v) is 17.2. The van der Waals surface area contributed by atoms with Gasteiger partial charge in [0.2, 0.25) is 0 Å². The van der Waals surface area contributed by atoms with Crippen LogP contribution in [0.1, 0.15) is 29.5 Å². The zero-order valence-electron chi connectivity index (χ0n) is 16.4. The number of pyridine rings is 1. The maximum absolute atomic E-state index is 15.7. The maximum Gasteiger partial charge on any atom is 0.258 e. The molecule has 3 aromatic rings. The van der Waals surface area contributed by atoms with Crippen molar-refractivity contribution in [3.05, 3.63) is 95.7 Å². The van der Waals surface area contributed by atoms with Crippen molar-refractivity contribution >= 4 is 20.9 Å². The van der Waals surface area contributed by atoms with E-state index in [1.807, 2.05) is 60.7 Å². The third kappa shape index (κ3) is 4.72. The monoisotopic (exact) mass is 426 g/mol. The summed E-state index contributed by atoms with van der Waals surface area (Å²) in [4.78, 5) is 3.81. The molecule has 4 N–H and O–H groups in total. The lowest BCUT2D eigenvalue weighted by atomic mass is 9.85. The summed E-state index contributed by atoms with van der Waals surface area (Å²) in [5, 5.41) is 7.30. The van der Waals surface area contributed by atoms with Crippen molar-refractivity contribution in [2.45, 2.75) is 25.1 Å². The van der Waals surface area contributed by atoms with Crippen LogP contribution in [-0.2, 0) is 10.0 Å². The number of nitrogens with zero attached hydrogens (tertiary/aromatic N) is 1. The molecule has 0 aliphatic rings. The minimum Gasteiger partial charge on any atom is -0.383 e. The number of anilines is 1. The molecule has 0 aliphatic heterocycles. The van der Waals surface area contributed by atoms with E-state index < -0.39 is 33.2 Å². The predicted molar refractivity (Wildman–Crippen MR) is 117 cm³/mol. The largest absolute Gasteiger partial charge is 0.383 e. The van der Waals surface area contributed by atoms with Gasteiger partial charge in [0.15, 0.2) is 5.04 Å². The lowest BCUT2D eigenvalue weighted by Gasteiger charge is -2.27. The summed E-state index contributed by atoms with van der Waals surface area (Å²) in [5.74, 6) is -0.758. The molecule has 0 radical (unpaired) electrons. The van der Waals surface area contributed by atoms with Crippen molar-refractivity contribution in [1.82, 2.24) is 9.71 Å². The van der Waals surface area contributed by atoms with Crippen LogP contribution in [0.4, 0.5) is 10.2 Å². The lowest BCUT2D eigenvalue weighted by Crippen LogP contribution is -2.44. The van der Waals surface area contributed by atoms with E-state index in [0.717, 1.165) is 11.1 Å². The number of hydrogen-bond donors (Lipinski definition) is 3. The molecular formula is C22H23FN4O2S. The van der Waals surface area contributed by atoms with Crippen LogP contribution in [0, 0.1) is 5.41 Å². The molecule has 30 heavy (non-hydrogen) atoms. The highest BCUT2D eigenvalue weighted by molar-refractivity contribution is 8.05. The standard InChI is InChI=1S/C22H23FN4O2S/c1-15(27-30(28,29)22(25)18-13-8-14-26-21(18)24)20(23)19(16-9-4-2-5-10-16)17-11-6-3-7-12-17/h2-15,19-20,25,27H,1H3,(H2,24,26)/t15-,20?/m0/s1. The summed E-state index contributed by atoms with van der Waals surface area (Å²) in [6.45, 7) is 1.45. The predicted octanol–water partition coefficient (Wildman–Crippen LogP) is 3.47. The Kier molecular flexibility index (Phi) is 6.59. The van der Waals surface area contributed by atoms with Gasteiger partial charge in [-0.05, 0) is 30.2 Å². The fraction of sp³-hybridized carbons (Fsp3) is 0.182. The Morgan fingerprint density at radius 2 is 1.53 bits per heavy atom. The van der Waals surface area contributed by atoms with E-state index in [4.69, 9.17) is 11.1 Å². The summed E-state index contributed by atoms with van der Waals surface area (Å²) in [5.41, 5.74) is 7.12. The third-order valence-corrected chi connectivity index (χ3v) is 6.25. The van der Waals surface area contributed by atoms with Crippen LogP contribution >= 0.6 is 0 Å². The number of nitrogens with two attached hydrogens (primary N) is 1. The van der Waals surface area contributed by atoms with Gasteiger partial charge >= 0.3 is 0 Å². The van der Waals surface area contributed by atoms with Gasteiger partial charge in [-0.1, -0.05) is 60.7 Å². The summed E-state index contributed by atoms with van der Waals surface area (Å²) in [6, 6.07) is 19.9. The molecule has 1 heterocycles. The number of hydrogen-bond acceptors (Lipinski definition) is 5. The number of rotatable bonds is 7. The SMILES string of the molecule is C[C@H](NS(=O)(=O)C(=N)c1cccnc1N)C(F)C(c1ccccc1)c1ccccc1. The Hall–Kier alpha value is -3.10. The molecule has 0 fully saturated rings. The first kappa shape index (κ1) is 21.6. The fourth-order valence-electron chi connectivity index (χ4n) is 3.29. The molecule has 1 unspecified atom stereocenters. The molecular weight excluding hydrogens is 403 g/mol. The molecule has 0 spiro atoms. The van der Waals surface area contributed by atoms with Gasteiger partial charge in [-0.2, -0.15) is 0 Å². The van der Waals surface area contributed by atoms with E-state index in [2.05, 4.69) is 9.71 Å².